The second-order valence-electron chi connectivity index (χ2n) is 8.09. The van der Waals surface area contributed by atoms with Crippen molar-refractivity contribution in [2.24, 2.45) is 0 Å². The van der Waals surface area contributed by atoms with Gasteiger partial charge in [0, 0.05) is 51.0 Å². The molecule has 0 saturated carbocycles. The standard InChI is InChI=1S/C20H31N7O2S/c1-3-24-10-12-25(13-11-24)8-5-7-21-18(29)16-6-4-9-26(16)20-23-27-17(28)14-15(2)22-19(27)30-20/h14,16H,3-13H2,1-2H3,(H,21,29). The fraction of sp³-hybridized carbons (Fsp3) is 0.700. The molecule has 4 rings (SSSR count). The molecule has 1 unspecified atom stereocenters. The van der Waals surface area contributed by atoms with Crippen LogP contribution in [0.5, 0.6) is 0 Å². The third-order valence-electron chi connectivity index (χ3n) is 6.03. The molecule has 10 heteroatoms. The molecule has 0 bridgehead atoms. The van der Waals surface area contributed by atoms with E-state index in [1.54, 1.807) is 6.92 Å². The van der Waals surface area contributed by atoms with Gasteiger partial charge in [-0.05, 0) is 39.3 Å². The van der Waals surface area contributed by atoms with Gasteiger partial charge in [-0.2, -0.15) is 4.52 Å². The number of anilines is 1. The van der Waals surface area contributed by atoms with Crippen molar-refractivity contribution in [3.8, 4) is 0 Å². The van der Waals surface area contributed by atoms with Gasteiger partial charge < -0.3 is 20.0 Å². The topological polar surface area (TPSA) is 86.1 Å². The van der Waals surface area contributed by atoms with E-state index in [1.165, 1.54) is 21.9 Å². The zero-order valence-corrected chi connectivity index (χ0v) is 18.7. The Morgan fingerprint density at radius 1 is 1.23 bits per heavy atom. The highest BCUT2D eigenvalue weighted by Crippen LogP contribution is 2.29. The van der Waals surface area contributed by atoms with Gasteiger partial charge in [-0.1, -0.05) is 18.3 Å². The van der Waals surface area contributed by atoms with Gasteiger partial charge in [-0.25, -0.2) is 4.98 Å². The number of fused-ring (bicyclic) bond motifs is 1. The first-order valence-electron chi connectivity index (χ1n) is 10.9. The van der Waals surface area contributed by atoms with Crippen LogP contribution < -0.4 is 15.8 Å². The van der Waals surface area contributed by atoms with E-state index < -0.39 is 0 Å². The van der Waals surface area contributed by atoms with Crippen LogP contribution in [0.15, 0.2) is 10.9 Å². The van der Waals surface area contributed by atoms with Gasteiger partial charge in [-0.15, -0.1) is 5.10 Å². The van der Waals surface area contributed by atoms with E-state index >= 15 is 0 Å². The van der Waals surface area contributed by atoms with Crippen molar-refractivity contribution in [1.82, 2.24) is 29.7 Å². The Morgan fingerprint density at radius 3 is 2.77 bits per heavy atom. The molecule has 164 valence electrons. The predicted octanol–water partition coefficient (Wildman–Crippen LogP) is 0.572. The molecule has 2 fully saturated rings. The number of carbonyl (C=O) groups excluding carboxylic acids is 1. The lowest BCUT2D eigenvalue weighted by Crippen LogP contribution is -2.47. The van der Waals surface area contributed by atoms with Gasteiger partial charge in [0.25, 0.3) is 5.56 Å². The number of hydrogen-bond acceptors (Lipinski definition) is 8. The third kappa shape index (κ3) is 4.65. The molecule has 30 heavy (non-hydrogen) atoms. The first-order valence-corrected chi connectivity index (χ1v) is 11.7. The molecule has 2 aliphatic heterocycles. The van der Waals surface area contributed by atoms with Crippen molar-refractivity contribution < 1.29 is 4.79 Å². The van der Waals surface area contributed by atoms with Gasteiger partial charge in [0.15, 0.2) is 0 Å². The molecule has 2 saturated heterocycles. The van der Waals surface area contributed by atoms with E-state index in [1.807, 2.05) is 4.90 Å². The van der Waals surface area contributed by atoms with Gasteiger partial charge >= 0.3 is 0 Å². The Labute approximate surface area is 180 Å². The molecule has 2 aromatic heterocycles. The summed E-state index contributed by atoms with van der Waals surface area (Å²) < 4.78 is 1.33. The maximum atomic E-state index is 12.8. The zero-order chi connectivity index (χ0) is 21.1. The van der Waals surface area contributed by atoms with Crippen LogP contribution in [0.3, 0.4) is 0 Å². The lowest BCUT2D eigenvalue weighted by Gasteiger charge is -2.34. The maximum absolute atomic E-state index is 12.8. The summed E-state index contributed by atoms with van der Waals surface area (Å²) in [6, 6.07) is 1.25. The molecule has 4 heterocycles. The number of amides is 1. The second kappa shape index (κ2) is 9.40. The molecule has 0 radical (unpaired) electrons. The monoisotopic (exact) mass is 433 g/mol. The third-order valence-corrected chi connectivity index (χ3v) is 6.97. The van der Waals surface area contributed by atoms with Crippen molar-refractivity contribution in [2.45, 2.75) is 39.2 Å². The molecule has 9 nitrogen and oxygen atoms in total. The summed E-state index contributed by atoms with van der Waals surface area (Å²) in [7, 11) is 0. The minimum Gasteiger partial charge on any atom is -0.354 e. The first-order chi connectivity index (χ1) is 14.5. The number of hydrogen-bond donors (Lipinski definition) is 1. The summed E-state index contributed by atoms with van der Waals surface area (Å²) in [4.78, 5) is 36.9. The fourth-order valence-corrected chi connectivity index (χ4v) is 5.28. The van der Waals surface area contributed by atoms with Crippen molar-refractivity contribution in [1.29, 1.82) is 0 Å². The second-order valence-corrected chi connectivity index (χ2v) is 9.02. The van der Waals surface area contributed by atoms with Crippen LogP contribution in [0.2, 0.25) is 0 Å². The maximum Gasteiger partial charge on any atom is 0.275 e. The summed E-state index contributed by atoms with van der Waals surface area (Å²) in [5.74, 6) is 0.0547. The molecule has 1 amide bonds. The molecule has 1 atom stereocenters. The number of nitrogens with zero attached hydrogens (tertiary/aromatic N) is 6. The summed E-state index contributed by atoms with van der Waals surface area (Å²) in [5, 5.41) is 8.24. The summed E-state index contributed by atoms with van der Waals surface area (Å²) in [6.07, 6.45) is 2.71. The first kappa shape index (κ1) is 21.2. The summed E-state index contributed by atoms with van der Waals surface area (Å²) in [6.45, 7) is 12.1. The minimum atomic E-state index is -0.226. The number of likely N-dealkylation sites (N-methyl/N-ethyl adjacent to an activating group) is 1. The molecular weight excluding hydrogens is 402 g/mol. The fourth-order valence-electron chi connectivity index (χ4n) is 4.26. The van der Waals surface area contributed by atoms with Crippen LogP contribution in [-0.2, 0) is 4.79 Å². The smallest absolute Gasteiger partial charge is 0.275 e. The minimum absolute atomic E-state index is 0.0547. The molecule has 0 spiro atoms. The van der Waals surface area contributed by atoms with E-state index in [0.29, 0.717) is 22.3 Å². The van der Waals surface area contributed by atoms with Crippen LogP contribution in [-0.4, -0.2) is 88.7 Å². The van der Waals surface area contributed by atoms with Crippen molar-refractivity contribution in [3.63, 3.8) is 0 Å². The van der Waals surface area contributed by atoms with E-state index in [-0.39, 0.29) is 17.5 Å². The Kier molecular flexibility index (Phi) is 6.64. The summed E-state index contributed by atoms with van der Waals surface area (Å²) in [5.41, 5.74) is 0.502. The van der Waals surface area contributed by atoms with E-state index in [2.05, 4.69) is 32.1 Å². The highest BCUT2D eigenvalue weighted by Gasteiger charge is 2.33. The molecule has 1 N–H and O–H groups in total. The van der Waals surface area contributed by atoms with E-state index in [9.17, 15) is 9.59 Å². The van der Waals surface area contributed by atoms with Crippen LogP contribution >= 0.6 is 11.3 Å². The van der Waals surface area contributed by atoms with E-state index in [0.717, 1.165) is 65.1 Å². The Balaban J connectivity index is 1.30. The molecule has 2 aromatic rings. The van der Waals surface area contributed by atoms with Gasteiger partial charge in [0.05, 0.1) is 0 Å². The van der Waals surface area contributed by atoms with Crippen molar-refractivity contribution >= 4 is 27.3 Å². The number of piperazine rings is 1. The molecule has 0 aromatic carbocycles. The number of nitrogens with one attached hydrogen (secondary N) is 1. The molecule has 2 aliphatic rings. The number of carbonyl (C=O) groups is 1. The zero-order valence-electron chi connectivity index (χ0n) is 17.8. The Bertz CT molecular complexity index is 935. The van der Waals surface area contributed by atoms with Gasteiger partial charge in [0.1, 0.15) is 6.04 Å². The average Bonchev–Trinajstić information content (AvgIpc) is 3.38. The Morgan fingerprint density at radius 2 is 2.00 bits per heavy atom. The van der Waals surface area contributed by atoms with Crippen LogP contribution in [0, 0.1) is 6.92 Å². The predicted molar refractivity (Wildman–Crippen MR) is 118 cm³/mol. The van der Waals surface area contributed by atoms with Crippen LogP contribution in [0.1, 0.15) is 31.9 Å². The Hall–Kier alpha value is -2.04. The molecule has 0 aliphatic carbocycles. The normalized spacial score (nSPS) is 20.9. The number of aromatic nitrogens is 3. The lowest BCUT2D eigenvalue weighted by atomic mass is 10.2. The average molecular weight is 434 g/mol. The molecular formula is C20H31N7O2S. The van der Waals surface area contributed by atoms with E-state index in [4.69, 9.17) is 0 Å². The van der Waals surface area contributed by atoms with Gasteiger partial charge in [0.2, 0.25) is 16.0 Å². The lowest BCUT2D eigenvalue weighted by molar-refractivity contribution is -0.122. The number of aryl methyl sites for hydroxylation is 1. The van der Waals surface area contributed by atoms with Gasteiger partial charge in [-0.3, -0.25) is 9.59 Å². The van der Waals surface area contributed by atoms with Crippen LogP contribution in [0.25, 0.3) is 4.96 Å². The summed E-state index contributed by atoms with van der Waals surface area (Å²) >= 11 is 1.37. The highest BCUT2D eigenvalue weighted by atomic mass is 32.1. The van der Waals surface area contributed by atoms with Crippen LogP contribution in [0.4, 0.5) is 5.13 Å². The van der Waals surface area contributed by atoms with Crippen molar-refractivity contribution in [3.05, 3.63) is 22.1 Å². The number of rotatable bonds is 7. The van der Waals surface area contributed by atoms with Crippen molar-refractivity contribution in [2.75, 3.05) is 57.3 Å². The highest BCUT2D eigenvalue weighted by molar-refractivity contribution is 7.20. The quantitative estimate of drug-likeness (QED) is 0.639. The SMILES string of the molecule is CCN1CCN(CCCNC(=O)C2CCCN2c2nn3c(=O)cc(C)nc3s2)CC1. The largest absolute Gasteiger partial charge is 0.354 e.